The molecule has 0 saturated carbocycles. The minimum atomic E-state index is -0.419. The van der Waals surface area contributed by atoms with E-state index in [9.17, 15) is 4.79 Å². The summed E-state index contributed by atoms with van der Waals surface area (Å²) in [7, 11) is 2.10. The van der Waals surface area contributed by atoms with Gasteiger partial charge in [0.05, 0.1) is 0 Å². The van der Waals surface area contributed by atoms with Gasteiger partial charge >= 0.3 is 0 Å². The van der Waals surface area contributed by atoms with Gasteiger partial charge in [-0.25, -0.2) is 0 Å². The van der Waals surface area contributed by atoms with Gasteiger partial charge in [-0.15, -0.1) is 0 Å². The van der Waals surface area contributed by atoms with Gasteiger partial charge in [-0.2, -0.15) is 0 Å². The highest BCUT2D eigenvalue weighted by Crippen LogP contribution is 2.37. The molecule has 2 aromatic carbocycles. The summed E-state index contributed by atoms with van der Waals surface area (Å²) in [6.07, 6.45) is 0. The minimum absolute atomic E-state index is 0.00699. The molecule has 1 heterocycles. The van der Waals surface area contributed by atoms with Crippen LogP contribution < -0.4 is 11.1 Å². The quantitative estimate of drug-likeness (QED) is 0.765. The molecule has 1 aliphatic rings. The van der Waals surface area contributed by atoms with E-state index in [1.807, 2.05) is 45.0 Å². The van der Waals surface area contributed by atoms with Gasteiger partial charge in [0.15, 0.2) is 0 Å². The number of hydrogen-bond acceptors (Lipinski definition) is 3. The molecule has 4 nitrogen and oxygen atoms in total. The Morgan fingerprint density at radius 1 is 1.23 bits per heavy atom. The fraction of sp³-hybridized carbons (Fsp3) is 0.381. The number of carbonyl (C=O) groups is 1. The number of carbonyl (C=O) groups excluding carboxylic acids is 1. The molecule has 0 spiro atoms. The Hall–Kier alpha value is -2.04. The van der Waals surface area contributed by atoms with E-state index in [1.54, 1.807) is 0 Å². The molecule has 0 radical (unpaired) electrons. The summed E-state index contributed by atoms with van der Waals surface area (Å²) in [6.45, 7) is 7.44. The largest absolute Gasteiger partial charge is 0.398 e. The van der Waals surface area contributed by atoms with E-state index in [1.165, 1.54) is 11.1 Å². The van der Waals surface area contributed by atoms with Gasteiger partial charge in [-0.3, -0.25) is 4.79 Å². The molecule has 0 aromatic heterocycles. The number of rotatable bonds is 2. The molecule has 2 aromatic rings. The highest BCUT2D eigenvalue weighted by atomic mass is 35.5. The molecular formula is C21H26ClN3O. The number of benzene rings is 2. The van der Waals surface area contributed by atoms with E-state index >= 15 is 0 Å². The van der Waals surface area contributed by atoms with Crippen LogP contribution in [0.15, 0.2) is 36.4 Å². The number of nitrogen functional groups attached to an aromatic ring is 1. The van der Waals surface area contributed by atoms with E-state index in [-0.39, 0.29) is 11.8 Å². The highest BCUT2D eigenvalue weighted by Gasteiger charge is 2.27. The smallest absolute Gasteiger partial charge is 0.229 e. The molecule has 3 N–H and O–H groups in total. The number of hydrogen-bond donors (Lipinski definition) is 2. The zero-order valence-corrected chi connectivity index (χ0v) is 16.5. The van der Waals surface area contributed by atoms with E-state index in [0.717, 1.165) is 30.0 Å². The number of nitrogens with zero attached hydrogens (tertiary/aromatic N) is 1. The average Bonchev–Trinajstić information content (AvgIpc) is 2.55. The van der Waals surface area contributed by atoms with Crippen LogP contribution in [0.4, 0.5) is 11.4 Å². The minimum Gasteiger partial charge on any atom is -0.398 e. The Bertz CT molecular complexity index is 824. The topological polar surface area (TPSA) is 58.4 Å². The van der Waals surface area contributed by atoms with Crippen molar-refractivity contribution in [3.8, 4) is 0 Å². The fourth-order valence-corrected chi connectivity index (χ4v) is 3.56. The Labute approximate surface area is 160 Å². The van der Waals surface area contributed by atoms with Crippen LogP contribution in [0.5, 0.6) is 0 Å². The lowest BCUT2D eigenvalue weighted by molar-refractivity contribution is -0.123. The second kappa shape index (κ2) is 6.93. The third kappa shape index (κ3) is 3.87. The summed E-state index contributed by atoms with van der Waals surface area (Å²) in [6, 6.07) is 11.9. The van der Waals surface area contributed by atoms with Crippen LogP contribution in [-0.2, 0) is 11.3 Å². The molecule has 138 valence electrons. The lowest BCUT2D eigenvalue weighted by Crippen LogP contribution is -2.31. The van der Waals surface area contributed by atoms with Gasteiger partial charge in [-0.1, -0.05) is 44.5 Å². The predicted molar refractivity (Wildman–Crippen MR) is 109 cm³/mol. The normalized spacial score (nSPS) is 17.7. The molecule has 0 bridgehead atoms. The van der Waals surface area contributed by atoms with Crippen LogP contribution in [0.2, 0.25) is 5.02 Å². The van der Waals surface area contributed by atoms with Gasteiger partial charge in [0.1, 0.15) is 0 Å². The van der Waals surface area contributed by atoms with Crippen molar-refractivity contribution in [3.05, 3.63) is 58.1 Å². The number of fused-ring (bicyclic) bond motifs is 1. The van der Waals surface area contributed by atoms with Gasteiger partial charge in [0.2, 0.25) is 5.91 Å². The molecule has 0 aliphatic carbocycles. The first-order valence-electron chi connectivity index (χ1n) is 8.83. The molecule has 1 amide bonds. The maximum absolute atomic E-state index is 12.2. The SMILES string of the molecule is CN1Cc2c(N)cc(Cl)cc2C(c2ccc(NC(=O)C(C)(C)C)cc2)C1. The molecule has 1 aliphatic heterocycles. The Morgan fingerprint density at radius 3 is 2.50 bits per heavy atom. The van der Waals surface area contributed by atoms with Crippen LogP contribution in [0.25, 0.3) is 0 Å². The van der Waals surface area contributed by atoms with E-state index in [4.69, 9.17) is 17.3 Å². The Kier molecular flexibility index (Phi) is 5.00. The van der Waals surface area contributed by atoms with Crippen LogP contribution in [-0.4, -0.2) is 24.4 Å². The summed E-state index contributed by atoms with van der Waals surface area (Å²) in [5.74, 6) is 0.213. The molecule has 0 saturated heterocycles. The van der Waals surface area contributed by atoms with Crippen molar-refractivity contribution in [2.75, 3.05) is 24.6 Å². The highest BCUT2D eigenvalue weighted by molar-refractivity contribution is 6.31. The molecule has 0 fully saturated rings. The van der Waals surface area contributed by atoms with Gasteiger partial charge in [0, 0.05) is 40.8 Å². The number of amides is 1. The van der Waals surface area contributed by atoms with Crippen molar-refractivity contribution < 1.29 is 4.79 Å². The third-order valence-corrected chi connectivity index (χ3v) is 5.05. The summed E-state index contributed by atoms with van der Waals surface area (Å²) in [5.41, 5.74) is 10.9. The Balaban J connectivity index is 1.90. The lowest BCUT2D eigenvalue weighted by atomic mass is 9.84. The van der Waals surface area contributed by atoms with Crippen LogP contribution in [0.1, 0.15) is 43.4 Å². The number of nitrogens with one attached hydrogen (secondary N) is 1. The van der Waals surface area contributed by atoms with E-state index in [2.05, 4.69) is 29.4 Å². The molecule has 1 atom stereocenters. The van der Waals surface area contributed by atoms with Gasteiger partial charge < -0.3 is 16.0 Å². The van der Waals surface area contributed by atoms with Gasteiger partial charge in [0.25, 0.3) is 0 Å². The van der Waals surface area contributed by atoms with Crippen LogP contribution in [0, 0.1) is 5.41 Å². The zero-order valence-electron chi connectivity index (χ0n) is 15.8. The van der Waals surface area contributed by atoms with E-state index < -0.39 is 5.41 Å². The first-order chi connectivity index (χ1) is 12.1. The second-order valence-electron chi connectivity index (χ2n) is 8.14. The van der Waals surface area contributed by atoms with Crippen molar-refractivity contribution in [1.29, 1.82) is 0 Å². The van der Waals surface area contributed by atoms with Crippen molar-refractivity contribution in [2.24, 2.45) is 5.41 Å². The standard InChI is InChI=1S/C21H26ClN3O/c1-21(2,3)20(26)24-15-7-5-13(6-8-15)17-11-25(4)12-18-16(17)9-14(22)10-19(18)23/h5-10,17H,11-12,23H2,1-4H3,(H,24,26). The number of nitrogens with two attached hydrogens (primary N) is 1. The monoisotopic (exact) mass is 371 g/mol. The molecule has 1 unspecified atom stereocenters. The molecule has 5 heteroatoms. The second-order valence-corrected chi connectivity index (χ2v) is 8.57. The summed E-state index contributed by atoms with van der Waals surface area (Å²) >= 11 is 6.26. The summed E-state index contributed by atoms with van der Waals surface area (Å²) < 4.78 is 0. The average molecular weight is 372 g/mol. The molecule has 3 rings (SSSR count). The number of likely N-dealkylation sites (N-methyl/N-ethyl adjacent to an activating group) is 1. The summed E-state index contributed by atoms with van der Waals surface area (Å²) in [5, 5.41) is 3.64. The number of halogens is 1. The predicted octanol–water partition coefficient (Wildman–Crippen LogP) is 4.48. The molecular weight excluding hydrogens is 346 g/mol. The van der Waals surface area contributed by atoms with Crippen molar-refractivity contribution in [2.45, 2.75) is 33.2 Å². The number of anilines is 2. The van der Waals surface area contributed by atoms with Crippen molar-refractivity contribution >= 4 is 28.9 Å². The maximum atomic E-state index is 12.2. The van der Waals surface area contributed by atoms with Crippen molar-refractivity contribution in [1.82, 2.24) is 4.90 Å². The third-order valence-electron chi connectivity index (χ3n) is 4.83. The van der Waals surface area contributed by atoms with Gasteiger partial charge in [-0.05, 0) is 48.0 Å². The maximum Gasteiger partial charge on any atom is 0.229 e. The lowest BCUT2D eigenvalue weighted by Gasteiger charge is -2.33. The first-order valence-corrected chi connectivity index (χ1v) is 9.20. The Morgan fingerprint density at radius 2 is 1.88 bits per heavy atom. The van der Waals surface area contributed by atoms with E-state index in [0.29, 0.717) is 5.02 Å². The van der Waals surface area contributed by atoms with Crippen LogP contribution >= 0.6 is 11.6 Å². The zero-order chi connectivity index (χ0) is 19.1. The fourth-order valence-electron chi connectivity index (χ4n) is 3.32. The van der Waals surface area contributed by atoms with Crippen molar-refractivity contribution in [3.63, 3.8) is 0 Å². The summed E-state index contributed by atoms with van der Waals surface area (Å²) in [4.78, 5) is 14.4. The van der Waals surface area contributed by atoms with Crippen LogP contribution in [0.3, 0.4) is 0 Å². The molecule has 26 heavy (non-hydrogen) atoms. The first kappa shape index (κ1) is 18.7.